The lowest BCUT2D eigenvalue weighted by molar-refractivity contribution is 0.0917. The number of carbonyl (C=O) groups excluding carboxylic acids is 2. The topological polar surface area (TPSA) is 56.3 Å². The number of aromatic nitrogens is 1. The van der Waals surface area contributed by atoms with E-state index in [9.17, 15) is 9.59 Å². The second kappa shape index (κ2) is 6.52. The smallest absolute Gasteiger partial charge is 0.164 e. The van der Waals surface area contributed by atoms with Gasteiger partial charge in [0.2, 0.25) is 0 Å². The minimum Gasteiger partial charge on any atom is -0.493 e. The number of ether oxygens (including phenoxy) is 1. The molecule has 0 bridgehead atoms. The van der Waals surface area contributed by atoms with Crippen molar-refractivity contribution < 1.29 is 14.3 Å². The van der Waals surface area contributed by atoms with Crippen LogP contribution >= 0.6 is 0 Å². The molecule has 0 spiro atoms. The Balaban J connectivity index is 1.64. The van der Waals surface area contributed by atoms with Crippen molar-refractivity contribution in [3.63, 3.8) is 0 Å². The number of rotatable bonds is 5. The van der Waals surface area contributed by atoms with Crippen molar-refractivity contribution in [2.24, 2.45) is 0 Å². The lowest BCUT2D eigenvalue weighted by atomic mass is 9.98. The van der Waals surface area contributed by atoms with Crippen LogP contribution in [0.2, 0.25) is 0 Å². The highest BCUT2D eigenvalue weighted by molar-refractivity contribution is 6.02. The molecule has 2 heterocycles. The van der Waals surface area contributed by atoms with Gasteiger partial charge in [-0.25, -0.2) is 0 Å². The lowest BCUT2D eigenvalue weighted by Crippen LogP contribution is -2.10. The first-order valence-corrected chi connectivity index (χ1v) is 7.46. The molecule has 0 saturated carbocycles. The third-order valence-electron chi connectivity index (χ3n) is 3.79. The summed E-state index contributed by atoms with van der Waals surface area (Å²) in [5.74, 6) is 0.808. The van der Waals surface area contributed by atoms with E-state index < -0.39 is 0 Å². The maximum atomic E-state index is 12.3. The SMILES string of the molecule is O=C(CCC(=O)c1ccc2c(c1)CCCO2)c1cccnc1. The van der Waals surface area contributed by atoms with E-state index >= 15 is 0 Å². The number of aryl methyl sites for hydroxylation is 1. The zero-order chi connectivity index (χ0) is 15.4. The first-order chi connectivity index (χ1) is 10.7. The molecule has 1 aliphatic rings. The summed E-state index contributed by atoms with van der Waals surface area (Å²) in [5.41, 5.74) is 2.29. The molecule has 0 saturated heterocycles. The molecule has 1 aromatic heterocycles. The molecule has 0 fully saturated rings. The Morgan fingerprint density at radius 3 is 2.68 bits per heavy atom. The van der Waals surface area contributed by atoms with E-state index in [2.05, 4.69) is 4.98 Å². The minimum atomic E-state index is -0.0530. The van der Waals surface area contributed by atoms with Gasteiger partial charge in [-0.1, -0.05) is 0 Å². The number of nitrogens with zero attached hydrogens (tertiary/aromatic N) is 1. The number of hydrogen-bond donors (Lipinski definition) is 0. The third kappa shape index (κ3) is 3.22. The van der Waals surface area contributed by atoms with Crippen molar-refractivity contribution in [3.05, 3.63) is 59.4 Å². The largest absolute Gasteiger partial charge is 0.493 e. The summed E-state index contributed by atoms with van der Waals surface area (Å²) in [4.78, 5) is 28.2. The van der Waals surface area contributed by atoms with Gasteiger partial charge in [-0.05, 0) is 48.7 Å². The van der Waals surface area contributed by atoms with Crippen molar-refractivity contribution in [1.29, 1.82) is 0 Å². The first kappa shape index (κ1) is 14.4. The second-order valence-corrected chi connectivity index (χ2v) is 5.36. The van der Waals surface area contributed by atoms with Gasteiger partial charge >= 0.3 is 0 Å². The molecule has 0 N–H and O–H groups in total. The van der Waals surface area contributed by atoms with Crippen molar-refractivity contribution in [1.82, 2.24) is 4.98 Å². The van der Waals surface area contributed by atoms with Crippen LogP contribution in [0.15, 0.2) is 42.7 Å². The van der Waals surface area contributed by atoms with Crippen LogP contribution in [0.4, 0.5) is 0 Å². The van der Waals surface area contributed by atoms with Crippen LogP contribution in [0.1, 0.15) is 45.5 Å². The summed E-state index contributed by atoms with van der Waals surface area (Å²) < 4.78 is 5.54. The van der Waals surface area contributed by atoms with Crippen LogP contribution in [0.25, 0.3) is 0 Å². The Bertz CT molecular complexity index is 695. The van der Waals surface area contributed by atoms with Crippen LogP contribution in [-0.4, -0.2) is 23.2 Å². The van der Waals surface area contributed by atoms with Crippen molar-refractivity contribution >= 4 is 11.6 Å². The highest BCUT2D eigenvalue weighted by Gasteiger charge is 2.15. The van der Waals surface area contributed by atoms with Crippen molar-refractivity contribution in [3.8, 4) is 5.75 Å². The Hall–Kier alpha value is -2.49. The van der Waals surface area contributed by atoms with Crippen LogP contribution < -0.4 is 4.74 Å². The Labute approximate surface area is 129 Å². The zero-order valence-electron chi connectivity index (χ0n) is 12.2. The van der Waals surface area contributed by atoms with Crippen molar-refractivity contribution in [2.75, 3.05) is 6.61 Å². The fourth-order valence-corrected chi connectivity index (χ4v) is 2.58. The van der Waals surface area contributed by atoms with Gasteiger partial charge in [0.05, 0.1) is 6.61 Å². The second-order valence-electron chi connectivity index (χ2n) is 5.36. The number of hydrogen-bond acceptors (Lipinski definition) is 4. The van der Waals surface area contributed by atoms with E-state index in [0.717, 1.165) is 30.8 Å². The molecule has 3 rings (SSSR count). The highest BCUT2D eigenvalue weighted by Crippen LogP contribution is 2.26. The number of pyridine rings is 1. The molecular formula is C18H17NO3. The molecule has 22 heavy (non-hydrogen) atoms. The first-order valence-electron chi connectivity index (χ1n) is 7.46. The van der Waals surface area contributed by atoms with Crippen LogP contribution in [0, 0.1) is 0 Å². The molecule has 4 heteroatoms. The van der Waals surface area contributed by atoms with E-state index in [1.54, 1.807) is 24.4 Å². The maximum Gasteiger partial charge on any atom is 0.164 e. The fraction of sp³-hybridized carbons (Fsp3) is 0.278. The van der Waals surface area contributed by atoms with Crippen LogP contribution in [0.5, 0.6) is 5.75 Å². The van der Waals surface area contributed by atoms with Crippen LogP contribution in [0.3, 0.4) is 0 Å². The van der Waals surface area contributed by atoms with Gasteiger partial charge in [0, 0.05) is 36.4 Å². The summed E-state index contributed by atoms with van der Waals surface area (Å²) in [7, 11) is 0. The monoisotopic (exact) mass is 295 g/mol. The van der Waals surface area contributed by atoms with Crippen LogP contribution in [-0.2, 0) is 6.42 Å². The molecule has 112 valence electrons. The van der Waals surface area contributed by atoms with Gasteiger partial charge in [-0.2, -0.15) is 0 Å². The predicted molar refractivity (Wildman–Crippen MR) is 82.4 cm³/mol. The van der Waals surface area contributed by atoms with Gasteiger partial charge < -0.3 is 4.74 Å². The Morgan fingerprint density at radius 2 is 1.91 bits per heavy atom. The molecule has 0 unspecified atom stereocenters. The summed E-state index contributed by atoms with van der Waals surface area (Å²) in [6.07, 6.45) is 5.49. The van der Waals surface area contributed by atoms with E-state index in [4.69, 9.17) is 4.74 Å². The Kier molecular flexibility index (Phi) is 4.28. The quantitative estimate of drug-likeness (QED) is 0.794. The van der Waals surface area contributed by atoms with Crippen molar-refractivity contribution in [2.45, 2.75) is 25.7 Å². The molecule has 0 amide bonds. The summed E-state index contributed by atoms with van der Waals surface area (Å²) >= 11 is 0. The number of carbonyl (C=O) groups is 2. The summed E-state index contributed by atoms with van der Waals surface area (Å²) in [6.45, 7) is 0.736. The number of fused-ring (bicyclic) bond motifs is 1. The molecule has 1 aliphatic heterocycles. The molecular weight excluding hydrogens is 278 g/mol. The average Bonchev–Trinajstić information content (AvgIpc) is 2.59. The van der Waals surface area contributed by atoms with E-state index in [0.29, 0.717) is 11.1 Å². The highest BCUT2D eigenvalue weighted by atomic mass is 16.5. The fourth-order valence-electron chi connectivity index (χ4n) is 2.58. The van der Waals surface area contributed by atoms with Gasteiger partial charge in [-0.3, -0.25) is 14.6 Å². The van der Waals surface area contributed by atoms with E-state index in [-0.39, 0.29) is 24.4 Å². The minimum absolute atomic E-state index is 0.00869. The molecule has 0 radical (unpaired) electrons. The zero-order valence-corrected chi connectivity index (χ0v) is 12.2. The molecule has 0 atom stereocenters. The number of ketones is 2. The third-order valence-corrected chi connectivity index (χ3v) is 3.79. The van der Waals surface area contributed by atoms with E-state index in [1.807, 2.05) is 12.1 Å². The normalized spacial score (nSPS) is 13.1. The molecule has 1 aromatic carbocycles. The molecule has 0 aliphatic carbocycles. The van der Waals surface area contributed by atoms with E-state index in [1.165, 1.54) is 6.20 Å². The predicted octanol–water partition coefficient (Wildman–Crippen LogP) is 3.25. The standard InChI is InChI=1S/C18H17NO3/c20-16(6-7-17(21)15-3-1-9-19-12-15)13-5-8-18-14(11-13)4-2-10-22-18/h1,3,5,8-9,11-12H,2,4,6-7,10H2. The Morgan fingerprint density at radius 1 is 1.09 bits per heavy atom. The van der Waals surface area contributed by atoms with Gasteiger partial charge in [0.1, 0.15) is 5.75 Å². The van der Waals surface area contributed by atoms with Gasteiger partial charge in [0.15, 0.2) is 11.6 Å². The number of benzene rings is 1. The van der Waals surface area contributed by atoms with Gasteiger partial charge in [0.25, 0.3) is 0 Å². The molecule has 2 aromatic rings. The average molecular weight is 295 g/mol. The number of Topliss-reactive ketones (excluding diaryl/α,β-unsaturated/α-hetero) is 2. The maximum absolute atomic E-state index is 12.3. The summed E-state index contributed by atoms with van der Waals surface area (Å²) in [6, 6.07) is 8.96. The van der Waals surface area contributed by atoms with Gasteiger partial charge in [-0.15, -0.1) is 0 Å². The molecule has 4 nitrogen and oxygen atoms in total. The summed E-state index contributed by atoms with van der Waals surface area (Å²) in [5, 5.41) is 0. The lowest BCUT2D eigenvalue weighted by Gasteiger charge is -2.17.